The lowest BCUT2D eigenvalue weighted by Gasteiger charge is -2.06. The predicted octanol–water partition coefficient (Wildman–Crippen LogP) is 3.31. The molecule has 0 amide bonds. The number of rotatable bonds is 6. The van der Waals surface area contributed by atoms with Crippen LogP contribution >= 0.6 is 15.9 Å². The van der Waals surface area contributed by atoms with Crippen LogP contribution in [0.5, 0.6) is 5.75 Å². The summed E-state index contributed by atoms with van der Waals surface area (Å²) in [6.07, 6.45) is 0.515. The van der Waals surface area contributed by atoms with Crippen LogP contribution in [0.2, 0.25) is 0 Å². The molecule has 0 radical (unpaired) electrons. The molecule has 0 atom stereocenters. The van der Waals surface area contributed by atoms with Gasteiger partial charge in [0, 0.05) is 5.56 Å². The number of benzene rings is 1. The summed E-state index contributed by atoms with van der Waals surface area (Å²) in [4.78, 5) is 38.7. The number of ether oxygens (including phenoxy) is 2. The van der Waals surface area contributed by atoms with Crippen molar-refractivity contribution in [1.29, 1.82) is 0 Å². The summed E-state index contributed by atoms with van der Waals surface area (Å²) in [6.45, 7) is 3.47. The summed E-state index contributed by atoms with van der Waals surface area (Å²) >= 11 is 3.32. The first kappa shape index (κ1) is 17.9. The molecule has 0 fully saturated rings. The molecule has 7 heteroatoms. The Morgan fingerprint density at radius 1 is 1.33 bits per heavy atom. The first-order valence-electron chi connectivity index (χ1n) is 7.17. The SMILES string of the molecule is CCOC(=O)c1[nH]c(C=O)c(C(=O)c2ccc(OC)c(Br)c2)c1C. The number of ketones is 1. The highest BCUT2D eigenvalue weighted by Gasteiger charge is 2.25. The monoisotopic (exact) mass is 393 g/mol. The Morgan fingerprint density at radius 2 is 2.04 bits per heavy atom. The number of carbonyl (C=O) groups is 3. The van der Waals surface area contributed by atoms with E-state index in [9.17, 15) is 14.4 Å². The number of aromatic nitrogens is 1. The maximum absolute atomic E-state index is 12.8. The van der Waals surface area contributed by atoms with Gasteiger partial charge in [-0.3, -0.25) is 9.59 Å². The lowest BCUT2D eigenvalue weighted by molar-refractivity contribution is 0.0519. The Bertz CT molecular complexity index is 810. The lowest BCUT2D eigenvalue weighted by atomic mass is 9.99. The number of aldehydes is 1. The van der Waals surface area contributed by atoms with Crippen LogP contribution in [0, 0.1) is 6.92 Å². The fraction of sp³-hybridized carbons (Fsp3) is 0.235. The molecule has 2 rings (SSSR count). The molecule has 126 valence electrons. The normalized spacial score (nSPS) is 10.3. The van der Waals surface area contributed by atoms with Crippen molar-refractivity contribution in [2.24, 2.45) is 0 Å². The van der Waals surface area contributed by atoms with Gasteiger partial charge in [-0.05, 0) is 53.5 Å². The van der Waals surface area contributed by atoms with Crippen LogP contribution < -0.4 is 4.74 Å². The van der Waals surface area contributed by atoms with Crippen molar-refractivity contribution < 1.29 is 23.9 Å². The Kier molecular flexibility index (Phi) is 5.56. The van der Waals surface area contributed by atoms with Crippen molar-refractivity contribution >= 4 is 34.0 Å². The van der Waals surface area contributed by atoms with Crippen LogP contribution in [0.3, 0.4) is 0 Å². The highest BCUT2D eigenvalue weighted by molar-refractivity contribution is 9.10. The van der Waals surface area contributed by atoms with Crippen LogP contribution in [0.4, 0.5) is 0 Å². The minimum absolute atomic E-state index is 0.0486. The van der Waals surface area contributed by atoms with Crippen molar-refractivity contribution in [2.45, 2.75) is 13.8 Å². The van der Waals surface area contributed by atoms with Crippen molar-refractivity contribution in [2.75, 3.05) is 13.7 Å². The fourth-order valence-corrected chi connectivity index (χ4v) is 2.90. The van der Waals surface area contributed by atoms with Gasteiger partial charge in [-0.25, -0.2) is 4.79 Å². The number of methoxy groups -OCH3 is 1. The van der Waals surface area contributed by atoms with Crippen molar-refractivity contribution in [3.8, 4) is 5.75 Å². The summed E-state index contributed by atoms with van der Waals surface area (Å²) in [5.74, 6) is -0.391. The number of nitrogens with one attached hydrogen (secondary N) is 1. The molecular weight excluding hydrogens is 378 g/mol. The zero-order valence-electron chi connectivity index (χ0n) is 13.4. The number of aromatic amines is 1. The van der Waals surface area contributed by atoms with E-state index < -0.39 is 5.97 Å². The second kappa shape index (κ2) is 7.44. The van der Waals surface area contributed by atoms with E-state index >= 15 is 0 Å². The second-order valence-electron chi connectivity index (χ2n) is 4.93. The number of hydrogen-bond acceptors (Lipinski definition) is 5. The molecule has 0 bridgehead atoms. The third-order valence-electron chi connectivity index (χ3n) is 3.52. The molecule has 0 saturated heterocycles. The Morgan fingerprint density at radius 3 is 2.58 bits per heavy atom. The molecule has 24 heavy (non-hydrogen) atoms. The van der Waals surface area contributed by atoms with Crippen molar-refractivity contribution in [3.63, 3.8) is 0 Å². The summed E-state index contributed by atoms with van der Waals surface area (Å²) in [5, 5.41) is 0. The van der Waals surface area contributed by atoms with Gasteiger partial charge < -0.3 is 14.5 Å². The molecule has 0 spiro atoms. The average molecular weight is 394 g/mol. The summed E-state index contributed by atoms with van der Waals surface area (Å²) < 4.78 is 10.7. The molecule has 0 aliphatic heterocycles. The van der Waals surface area contributed by atoms with E-state index in [2.05, 4.69) is 20.9 Å². The first-order valence-corrected chi connectivity index (χ1v) is 7.96. The third kappa shape index (κ3) is 3.26. The van der Waals surface area contributed by atoms with Crippen LogP contribution in [-0.2, 0) is 4.74 Å². The van der Waals surface area contributed by atoms with Gasteiger partial charge in [-0.15, -0.1) is 0 Å². The number of carbonyl (C=O) groups excluding carboxylic acids is 3. The third-order valence-corrected chi connectivity index (χ3v) is 4.14. The van der Waals surface area contributed by atoms with Gasteiger partial charge >= 0.3 is 5.97 Å². The van der Waals surface area contributed by atoms with E-state index in [1.807, 2.05) is 0 Å². The van der Waals surface area contributed by atoms with E-state index in [0.29, 0.717) is 27.6 Å². The molecule has 0 unspecified atom stereocenters. The largest absolute Gasteiger partial charge is 0.496 e. The summed E-state index contributed by atoms with van der Waals surface area (Å²) in [7, 11) is 1.52. The van der Waals surface area contributed by atoms with Crippen LogP contribution in [0.15, 0.2) is 22.7 Å². The van der Waals surface area contributed by atoms with Gasteiger partial charge in [-0.1, -0.05) is 0 Å². The van der Waals surface area contributed by atoms with Gasteiger partial charge in [0.15, 0.2) is 12.1 Å². The van der Waals surface area contributed by atoms with Crippen molar-refractivity contribution in [1.82, 2.24) is 4.98 Å². The zero-order valence-corrected chi connectivity index (χ0v) is 15.0. The molecule has 1 N–H and O–H groups in total. The maximum Gasteiger partial charge on any atom is 0.355 e. The molecular formula is C17H16BrNO5. The molecule has 6 nitrogen and oxygen atoms in total. The van der Waals surface area contributed by atoms with E-state index in [1.165, 1.54) is 7.11 Å². The minimum atomic E-state index is -0.604. The Hall–Kier alpha value is -2.41. The predicted molar refractivity (Wildman–Crippen MR) is 91.0 cm³/mol. The maximum atomic E-state index is 12.8. The highest BCUT2D eigenvalue weighted by Crippen LogP contribution is 2.28. The first-order chi connectivity index (χ1) is 11.4. The van der Waals surface area contributed by atoms with E-state index in [4.69, 9.17) is 9.47 Å². The summed E-state index contributed by atoms with van der Waals surface area (Å²) in [5.41, 5.74) is 1.06. The van der Waals surface area contributed by atoms with Crippen LogP contribution in [0.25, 0.3) is 0 Å². The minimum Gasteiger partial charge on any atom is -0.496 e. The van der Waals surface area contributed by atoms with Gasteiger partial charge in [0.2, 0.25) is 0 Å². The quantitative estimate of drug-likeness (QED) is 0.462. The fourth-order valence-electron chi connectivity index (χ4n) is 2.36. The standard InChI is InChI=1S/C17H16BrNO5/c1-4-24-17(22)15-9(2)14(12(8-20)19-15)16(21)10-5-6-13(23-3)11(18)7-10/h5-8,19H,4H2,1-3H3. The highest BCUT2D eigenvalue weighted by atomic mass is 79.9. The molecule has 2 aromatic rings. The lowest BCUT2D eigenvalue weighted by Crippen LogP contribution is -2.08. The number of esters is 1. The number of halogens is 1. The average Bonchev–Trinajstić information content (AvgIpc) is 2.91. The molecule has 1 heterocycles. The van der Waals surface area contributed by atoms with Gasteiger partial charge in [0.05, 0.1) is 29.4 Å². The molecule has 1 aromatic heterocycles. The topological polar surface area (TPSA) is 85.5 Å². The molecule has 1 aromatic carbocycles. The zero-order chi connectivity index (χ0) is 17.9. The smallest absolute Gasteiger partial charge is 0.355 e. The molecule has 0 aliphatic carbocycles. The number of H-pyrrole nitrogens is 1. The molecule has 0 aliphatic rings. The van der Waals surface area contributed by atoms with Crippen LogP contribution in [0.1, 0.15) is 49.4 Å². The van der Waals surface area contributed by atoms with E-state index in [1.54, 1.807) is 32.0 Å². The van der Waals surface area contributed by atoms with E-state index in [-0.39, 0.29) is 29.3 Å². The van der Waals surface area contributed by atoms with Gasteiger partial charge in [0.1, 0.15) is 11.4 Å². The Labute approximate surface area is 147 Å². The van der Waals surface area contributed by atoms with Crippen LogP contribution in [-0.4, -0.2) is 36.7 Å². The Balaban J connectivity index is 2.51. The van der Waals surface area contributed by atoms with Crippen molar-refractivity contribution in [3.05, 3.63) is 50.8 Å². The molecule has 0 saturated carbocycles. The second-order valence-corrected chi connectivity index (χ2v) is 5.78. The summed E-state index contributed by atoms with van der Waals surface area (Å²) in [6, 6.07) is 4.84. The van der Waals surface area contributed by atoms with E-state index in [0.717, 1.165) is 0 Å². The van der Waals surface area contributed by atoms with Gasteiger partial charge in [0.25, 0.3) is 0 Å². The van der Waals surface area contributed by atoms with Gasteiger partial charge in [-0.2, -0.15) is 0 Å². The number of hydrogen-bond donors (Lipinski definition) is 1.